The quantitative estimate of drug-likeness (QED) is 0.732. The summed E-state index contributed by atoms with van der Waals surface area (Å²) < 4.78 is 13.3. The first-order chi connectivity index (χ1) is 8.58. The van der Waals surface area contributed by atoms with Crippen LogP contribution < -0.4 is 5.32 Å². The first-order valence-corrected chi connectivity index (χ1v) is 8.29. The smallest absolute Gasteiger partial charge is 0.0625 e. The Hall–Kier alpha value is -0.680. The molecule has 4 nitrogen and oxygen atoms in total. The normalized spacial score (nSPS) is 14.7. The highest BCUT2D eigenvalue weighted by molar-refractivity contribution is 7.84. The Morgan fingerprint density at radius 1 is 1.50 bits per heavy atom. The van der Waals surface area contributed by atoms with Crippen molar-refractivity contribution in [3.63, 3.8) is 0 Å². The Labute approximate surface area is 113 Å². The van der Waals surface area contributed by atoms with E-state index < -0.39 is 10.8 Å². The van der Waals surface area contributed by atoms with Crippen LogP contribution in [0.4, 0.5) is 0 Å². The van der Waals surface area contributed by atoms with Crippen LogP contribution in [0.5, 0.6) is 0 Å². The Morgan fingerprint density at radius 3 is 2.78 bits per heavy atom. The van der Waals surface area contributed by atoms with Gasteiger partial charge in [-0.25, -0.2) is 0 Å². The Kier molecular flexibility index (Phi) is 6.57. The van der Waals surface area contributed by atoms with E-state index in [1.807, 2.05) is 11.6 Å². The number of hydrogen-bond acceptors (Lipinski definition) is 3. The largest absolute Gasteiger partial charge is 0.311 e. The van der Waals surface area contributed by atoms with Crippen LogP contribution in [-0.2, 0) is 30.3 Å². The number of nitrogens with zero attached hydrogens (tertiary/aromatic N) is 2. The van der Waals surface area contributed by atoms with Crippen molar-refractivity contribution in [2.45, 2.75) is 52.0 Å². The molecule has 0 saturated heterocycles. The highest BCUT2D eigenvalue weighted by Crippen LogP contribution is 2.05. The van der Waals surface area contributed by atoms with E-state index in [2.05, 4.69) is 30.3 Å². The van der Waals surface area contributed by atoms with Crippen LogP contribution in [0, 0.1) is 0 Å². The molecule has 0 radical (unpaired) electrons. The molecule has 1 N–H and O–H groups in total. The molecule has 0 fully saturated rings. The van der Waals surface area contributed by atoms with Crippen LogP contribution in [0.25, 0.3) is 0 Å². The summed E-state index contributed by atoms with van der Waals surface area (Å²) in [6.45, 7) is 8.91. The maximum atomic E-state index is 11.2. The molecule has 0 amide bonds. The molecule has 2 atom stereocenters. The van der Waals surface area contributed by atoms with E-state index in [-0.39, 0.29) is 5.25 Å². The predicted molar refractivity (Wildman–Crippen MR) is 77.1 cm³/mol. The van der Waals surface area contributed by atoms with Crippen LogP contribution in [0.15, 0.2) is 6.07 Å². The average Bonchev–Trinajstić information content (AvgIpc) is 2.76. The third-order valence-corrected chi connectivity index (χ3v) is 4.55. The van der Waals surface area contributed by atoms with Crippen molar-refractivity contribution < 1.29 is 4.21 Å². The number of hydrogen-bond donors (Lipinski definition) is 1. The van der Waals surface area contributed by atoms with Gasteiger partial charge in [0, 0.05) is 35.4 Å². The second-order valence-corrected chi connectivity index (χ2v) is 6.37. The van der Waals surface area contributed by atoms with Gasteiger partial charge in [-0.2, -0.15) is 5.10 Å². The summed E-state index contributed by atoms with van der Waals surface area (Å²) >= 11 is 0. The fourth-order valence-corrected chi connectivity index (χ4v) is 2.24. The molecule has 0 aliphatic carbocycles. The molecule has 1 aromatic rings. The summed E-state index contributed by atoms with van der Waals surface area (Å²) in [5, 5.41) is 8.19. The van der Waals surface area contributed by atoms with Crippen LogP contribution >= 0.6 is 0 Å². The van der Waals surface area contributed by atoms with Gasteiger partial charge in [0.1, 0.15) is 0 Å². The molecule has 0 saturated carbocycles. The number of nitrogens with one attached hydrogen (secondary N) is 1. The van der Waals surface area contributed by atoms with Gasteiger partial charge in [0.25, 0.3) is 0 Å². The molecule has 1 rings (SSSR count). The van der Waals surface area contributed by atoms with Crippen LogP contribution in [-0.4, -0.2) is 32.0 Å². The number of rotatable bonds is 8. The topological polar surface area (TPSA) is 46.9 Å². The fraction of sp³-hybridized carbons (Fsp3) is 0.769. The van der Waals surface area contributed by atoms with Crippen LogP contribution in [0.2, 0.25) is 0 Å². The lowest BCUT2D eigenvalue weighted by molar-refractivity contribution is 0.567. The summed E-state index contributed by atoms with van der Waals surface area (Å²) in [6, 6.07) is 2.16. The Bertz CT molecular complexity index is 390. The molecule has 104 valence electrons. The van der Waals surface area contributed by atoms with E-state index in [1.54, 1.807) is 6.26 Å². The van der Waals surface area contributed by atoms with Crippen molar-refractivity contribution in [3.05, 3.63) is 17.5 Å². The molecule has 2 unspecified atom stereocenters. The Morgan fingerprint density at radius 2 is 2.22 bits per heavy atom. The minimum Gasteiger partial charge on any atom is -0.311 e. The first kappa shape index (κ1) is 15.4. The van der Waals surface area contributed by atoms with E-state index in [0.717, 1.165) is 38.2 Å². The zero-order valence-corrected chi connectivity index (χ0v) is 12.7. The van der Waals surface area contributed by atoms with E-state index in [9.17, 15) is 4.21 Å². The van der Waals surface area contributed by atoms with Gasteiger partial charge in [-0.05, 0) is 32.4 Å². The minimum absolute atomic E-state index is 0.264. The standard InChI is InChI=1S/C13H25N3OS/c1-5-12-9-13(16(6-2)15-12)10-14-8-7-11(3)18(4)17/h9,11,14H,5-8,10H2,1-4H3. The van der Waals surface area contributed by atoms with Gasteiger partial charge in [-0.15, -0.1) is 0 Å². The van der Waals surface area contributed by atoms with E-state index in [0.29, 0.717) is 0 Å². The van der Waals surface area contributed by atoms with Crippen LogP contribution in [0.1, 0.15) is 38.6 Å². The number of aryl methyl sites for hydroxylation is 2. The molecule has 1 heterocycles. The van der Waals surface area contributed by atoms with Crippen molar-refractivity contribution in [1.29, 1.82) is 0 Å². The van der Waals surface area contributed by atoms with Gasteiger partial charge in [-0.3, -0.25) is 8.89 Å². The Balaban J connectivity index is 2.39. The third kappa shape index (κ3) is 4.53. The second-order valence-electron chi connectivity index (χ2n) is 4.57. The monoisotopic (exact) mass is 271 g/mol. The fourth-order valence-electron chi connectivity index (χ4n) is 1.79. The maximum Gasteiger partial charge on any atom is 0.0625 e. The van der Waals surface area contributed by atoms with Gasteiger partial charge in [-0.1, -0.05) is 13.8 Å². The lowest BCUT2D eigenvalue weighted by atomic mass is 10.3. The molecule has 0 aliphatic rings. The lowest BCUT2D eigenvalue weighted by Gasteiger charge is -2.09. The van der Waals surface area contributed by atoms with Gasteiger partial charge in [0.15, 0.2) is 0 Å². The molecular weight excluding hydrogens is 246 g/mol. The molecule has 18 heavy (non-hydrogen) atoms. The molecule has 0 aliphatic heterocycles. The maximum absolute atomic E-state index is 11.2. The SMILES string of the molecule is CCc1cc(CNCCC(C)S(C)=O)n(CC)n1. The van der Waals surface area contributed by atoms with Gasteiger partial charge < -0.3 is 5.32 Å². The average molecular weight is 271 g/mol. The van der Waals surface area contributed by atoms with Crippen molar-refractivity contribution in [3.8, 4) is 0 Å². The third-order valence-electron chi connectivity index (χ3n) is 3.18. The van der Waals surface area contributed by atoms with Gasteiger partial charge >= 0.3 is 0 Å². The summed E-state index contributed by atoms with van der Waals surface area (Å²) in [5.74, 6) is 0. The highest BCUT2D eigenvalue weighted by Gasteiger charge is 2.07. The van der Waals surface area contributed by atoms with E-state index in [1.165, 1.54) is 5.69 Å². The molecule has 1 aromatic heterocycles. The number of aromatic nitrogens is 2. The van der Waals surface area contributed by atoms with E-state index in [4.69, 9.17) is 0 Å². The molecule has 0 bridgehead atoms. The summed E-state index contributed by atoms with van der Waals surface area (Å²) in [6.07, 6.45) is 3.69. The van der Waals surface area contributed by atoms with Crippen molar-refractivity contribution in [2.75, 3.05) is 12.8 Å². The molecule has 0 aromatic carbocycles. The predicted octanol–water partition coefficient (Wildman–Crippen LogP) is 1.71. The first-order valence-electron chi connectivity index (χ1n) is 6.67. The summed E-state index contributed by atoms with van der Waals surface area (Å²) in [4.78, 5) is 0. The van der Waals surface area contributed by atoms with Crippen molar-refractivity contribution in [1.82, 2.24) is 15.1 Å². The minimum atomic E-state index is -0.719. The highest BCUT2D eigenvalue weighted by atomic mass is 32.2. The van der Waals surface area contributed by atoms with E-state index >= 15 is 0 Å². The van der Waals surface area contributed by atoms with Crippen molar-refractivity contribution >= 4 is 10.8 Å². The summed E-state index contributed by atoms with van der Waals surface area (Å²) in [7, 11) is -0.719. The second kappa shape index (κ2) is 7.69. The zero-order valence-electron chi connectivity index (χ0n) is 11.9. The van der Waals surface area contributed by atoms with Gasteiger partial charge in [0.05, 0.1) is 11.4 Å². The zero-order chi connectivity index (χ0) is 13.5. The van der Waals surface area contributed by atoms with Gasteiger partial charge in [0.2, 0.25) is 0 Å². The van der Waals surface area contributed by atoms with Crippen molar-refractivity contribution in [2.24, 2.45) is 0 Å². The molecular formula is C13H25N3OS. The lowest BCUT2D eigenvalue weighted by Crippen LogP contribution is -2.22. The van der Waals surface area contributed by atoms with Crippen LogP contribution in [0.3, 0.4) is 0 Å². The molecule has 5 heteroatoms. The summed E-state index contributed by atoms with van der Waals surface area (Å²) in [5.41, 5.74) is 2.39. The molecule has 0 spiro atoms.